The second-order valence-electron chi connectivity index (χ2n) is 3.24. The Morgan fingerprint density at radius 3 is 2.18 bits per heavy atom. The molecule has 0 heterocycles. The van der Waals surface area contributed by atoms with Gasteiger partial charge in [-0.3, -0.25) is 4.79 Å². The summed E-state index contributed by atoms with van der Waals surface area (Å²) in [5.41, 5.74) is 2.20. The fourth-order valence-corrected chi connectivity index (χ4v) is 1.60. The largest absolute Gasteiger partial charge is 0.285 e. The summed E-state index contributed by atoms with van der Waals surface area (Å²) in [6.45, 7) is 1.88. The highest BCUT2D eigenvalue weighted by molar-refractivity contribution is 5.74. The van der Waals surface area contributed by atoms with Crippen LogP contribution in [-0.2, 0) is 4.79 Å². The van der Waals surface area contributed by atoms with Crippen molar-refractivity contribution in [1.82, 2.24) is 0 Å². The van der Waals surface area contributed by atoms with Crippen LogP contribution in [-0.4, -0.2) is 6.29 Å². The summed E-state index contributed by atoms with van der Waals surface area (Å²) in [5.74, 6) is 0. The van der Waals surface area contributed by atoms with Gasteiger partial charge in [0.2, 0.25) is 6.29 Å². The molecule has 1 heteroatoms. The molecule has 0 aromatic rings. The molecule has 1 fully saturated rings. The molecule has 0 aromatic heterocycles. The van der Waals surface area contributed by atoms with E-state index in [9.17, 15) is 4.79 Å². The van der Waals surface area contributed by atoms with Crippen molar-refractivity contribution in [2.45, 2.75) is 45.4 Å². The Morgan fingerprint density at radius 2 is 1.73 bits per heavy atom. The SMILES string of the molecule is CC([C]=O)=C1CCCCCC1. The van der Waals surface area contributed by atoms with E-state index in [1.807, 2.05) is 13.2 Å². The average Bonchev–Trinajstić information content (AvgIpc) is 2.30. The standard InChI is InChI=1S/C10H15O/c1-9(8-11)10-6-4-2-3-5-7-10/h2-7H2,1H3. The van der Waals surface area contributed by atoms with Crippen LogP contribution in [0.3, 0.4) is 0 Å². The smallest absolute Gasteiger partial charge is 0.228 e. The number of rotatable bonds is 1. The molecule has 0 bridgehead atoms. The van der Waals surface area contributed by atoms with Gasteiger partial charge in [-0.05, 0) is 38.2 Å². The maximum Gasteiger partial charge on any atom is 0.228 e. The number of carbonyl (C=O) groups excluding carboxylic acids is 1. The zero-order chi connectivity index (χ0) is 8.10. The van der Waals surface area contributed by atoms with Crippen LogP contribution in [0.4, 0.5) is 0 Å². The van der Waals surface area contributed by atoms with Crippen molar-refractivity contribution in [2.75, 3.05) is 0 Å². The van der Waals surface area contributed by atoms with Gasteiger partial charge in [-0.25, -0.2) is 0 Å². The average molecular weight is 151 g/mol. The molecule has 0 unspecified atom stereocenters. The van der Waals surface area contributed by atoms with Crippen molar-refractivity contribution in [3.05, 3.63) is 11.1 Å². The van der Waals surface area contributed by atoms with Crippen LogP contribution in [0, 0.1) is 0 Å². The van der Waals surface area contributed by atoms with E-state index in [1.165, 1.54) is 31.3 Å². The molecule has 61 valence electrons. The third-order valence-corrected chi connectivity index (χ3v) is 2.39. The van der Waals surface area contributed by atoms with E-state index in [0.29, 0.717) is 0 Å². The van der Waals surface area contributed by atoms with Crippen molar-refractivity contribution in [3.63, 3.8) is 0 Å². The van der Waals surface area contributed by atoms with Gasteiger partial charge in [-0.15, -0.1) is 0 Å². The number of hydrogen-bond acceptors (Lipinski definition) is 1. The molecule has 0 aromatic carbocycles. The lowest BCUT2D eigenvalue weighted by atomic mass is 10.0. The van der Waals surface area contributed by atoms with E-state index < -0.39 is 0 Å². The first-order valence-corrected chi connectivity index (χ1v) is 4.41. The lowest BCUT2D eigenvalue weighted by Crippen LogP contribution is -1.88. The van der Waals surface area contributed by atoms with Crippen LogP contribution in [0.5, 0.6) is 0 Å². The van der Waals surface area contributed by atoms with E-state index >= 15 is 0 Å². The topological polar surface area (TPSA) is 17.1 Å². The predicted octanol–water partition coefficient (Wildman–Crippen LogP) is 2.77. The molecule has 1 aliphatic carbocycles. The van der Waals surface area contributed by atoms with Crippen molar-refractivity contribution < 1.29 is 4.79 Å². The van der Waals surface area contributed by atoms with Gasteiger partial charge in [0.15, 0.2) is 0 Å². The van der Waals surface area contributed by atoms with E-state index in [2.05, 4.69) is 0 Å². The van der Waals surface area contributed by atoms with Crippen LogP contribution < -0.4 is 0 Å². The molecule has 0 amide bonds. The number of hydrogen-bond donors (Lipinski definition) is 0. The van der Waals surface area contributed by atoms with E-state index in [4.69, 9.17) is 0 Å². The summed E-state index contributed by atoms with van der Waals surface area (Å²) in [5, 5.41) is 0. The Balaban J connectivity index is 2.61. The van der Waals surface area contributed by atoms with Crippen LogP contribution in [0.2, 0.25) is 0 Å². The summed E-state index contributed by atoms with van der Waals surface area (Å²) < 4.78 is 0. The molecule has 1 aliphatic rings. The van der Waals surface area contributed by atoms with Gasteiger partial charge in [0.25, 0.3) is 0 Å². The van der Waals surface area contributed by atoms with E-state index in [0.717, 1.165) is 18.4 Å². The first-order valence-electron chi connectivity index (χ1n) is 4.41. The Kier molecular flexibility index (Phi) is 3.34. The molecular formula is C10H15O. The summed E-state index contributed by atoms with van der Waals surface area (Å²) in [6.07, 6.45) is 9.42. The molecule has 0 N–H and O–H groups in total. The Hall–Kier alpha value is -0.590. The molecule has 11 heavy (non-hydrogen) atoms. The highest BCUT2D eigenvalue weighted by Crippen LogP contribution is 2.23. The van der Waals surface area contributed by atoms with Crippen LogP contribution >= 0.6 is 0 Å². The zero-order valence-corrected chi connectivity index (χ0v) is 7.15. The minimum atomic E-state index is 0.854. The van der Waals surface area contributed by atoms with Gasteiger partial charge in [-0.1, -0.05) is 18.4 Å². The second-order valence-corrected chi connectivity index (χ2v) is 3.24. The van der Waals surface area contributed by atoms with Gasteiger partial charge >= 0.3 is 0 Å². The second kappa shape index (κ2) is 4.32. The molecular weight excluding hydrogens is 136 g/mol. The third-order valence-electron chi connectivity index (χ3n) is 2.39. The normalized spacial score (nSPS) is 19.2. The summed E-state index contributed by atoms with van der Waals surface area (Å²) in [6, 6.07) is 0. The Morgan fingerprint density at radius 1 is 1.18 bits per heavy atom. The monoisotopic (exact) mass is 151 g/mol. The fraction of sp³-hybridized carbons (Fsp3) is 0.700. The quantitative estimate of drug-likeness (QED) is 0.416. The summed E-state index contributed by atoms with van der Waals surface area (Å²) in [7, 11) is 0. The van der Waals surface area contributed by atoms with E-state index in [-0.39, 0.29) is 0 Å². The maximum atomic E-state index is 10.3. The van der Waals surface area contributed by atoms with Crippen molar-refractivity contribution >= 4 is 6.29 Å². The predicted molar refractivity (Wildman–Crippen MR) is 46.1 cm³/mol. The van der Waals surface area contributed by atoms with Crippen molar-refractivity contribution in [3.8, 4) is 0 Å². The molecule has 0 saturated heterocycles. The first-order chi connectivity index (χ1) is 5.34. The minimum absolute atomic E-state index is 0.854. The minimum Gasteiger partial charge on any atom is -0.285 e. The highest BCUT2D eigenvalue weighted by atomic mass is 16.1. The maximum absolute atomic E-state index is 10.3. The van der Waals surface area contributed by atoms with Crippen LogP contribution in [0.25, 0.3) is 0 Å². The van der Waals surface area contributed by atoms with Gasteiger partial charge < -0.3 is 0 Å². The van der Waals surface area contributed by atoms with Crippen LogP contribution in [0.15, 0.2) is 11.1 Å². The molecule has 1 saturated carbocycles. The highest BCUT2D eigenvalue weighted by Gasteiger charge is 2.06. The molecule has 0 spiro atoms. The lowest BCUT2D eigenvalue weighted by Gasteiger charge is -2.02. The van der Waals surface area contributed by atoms with Crippen LogP contribution in [0.1, 0.15) is 45.4 Å². The zero-order valence-electron chi connectivity index (χ0n) is 7.15. The van der Waals surface area contributed by atoms with Gasteiger partial charge in [0, 0.05) is 0 Å². The molecule has 1 nitrogen and oxygen atoms in total. The van der Waals surface area contributed by atoms with Crippen molar-refractivity contribution in [2.24, 2.45) is 0 Å². The molecule has 1 radical (unpaired) electrons. The van der Waals surface area contributed by atoms with Gasteiger partial charge in [0.05, 0.1) is 0 Å². The lowest BCUT2D eigenvalue weighted by molar-refractivity contribution is 0.561. The summed E-state index contributed by atoms with van der Waals surface area (Å²) in [4.78, 5) is 10.3. The third kappa shape index (κ3) is 2.49. The van der Waals surface area contributed by atoms with Crippen molar-refractivity contribution in [1.29, 1.82) is 0 Å². The number of allylic oxidation sites excluding steroid dienone is 2. The molecule has 1 rings (SSSR count). The summed E-state index contributed by atoms with van der Waals surface area (Å²) >= 11 is 0. The Labute approximate surface area is 68.5 Å². The fourth-order valence-electron chi connectivity index (χ4n) is 1.60. The molecule has 0 atom stereocenters. The van der Waals surface area contributed by atoms with E-state index in [1.54, 1.807) is 0 Å². The first kappa shape index (κ1) is 8.51. The van der Waals surface area contributed by atoms with Gasteiger partial charge in [-0.2, -0.15) is 0 Å². The van der Waals surface area contributed by atoms with Gasteiger partial charge in [0.1, 0.15) is 0 Å². The molecule has 0 aliphatic heterocycles. The Bertz CT molecular complexity index is 158.